The topological polar surface area (TPSA) is 265 Å². The lowest BCUT2D eigenvalue weighted by molar-refractivity contribution is -0.196. The molecule has 0 aromatic carbocycles. The molecule has 268 valence electrons. The maximum absolute atomic E-state index is 12.2. The largest absolute Gasteiger partial charge is 0.465 e. The Balaban J connectivity index is 4.97. The molecule has 0 aliphatic carbocycles. The van der Waals surface area contributed by atoms with Gasteiger partial charge in [-0.25, -0.2) is 0 Å². The Morgan fingerprint density at radius 3 is 2.04 bits per heavy atom. The van der Waals surface area contributed by atoms with E-state index in [0.717, 1.165) is 20.8 Å². The number of nitrogens with one attached hydrogen (secondary N) is 3. The molecule has 0 aliphatic rings. The van der Waals surface area contributed by atoms with Crippen molar-refractivity contribution in [3.05, 3.63) is 0 Å². The van der Waals surface area contributed by atoms with Crippen molar-refractivity contribution in [3.8, 4) is 0 Å². The molecule has 0 radical (unpaired) electrons. The number of rotatable bonds is 25. The summed E-state index contributed by atoms with van der Waals surface area (Å²) in [6.45, 7) is 5.59. The number of ether oxygens (including phenoxy) is 5. The smallest absolute Gasteiger partial charge is 0.303 e. The van der Waals surface area contributed by atoms with Crippen LogP contribution in [0.15, 0.2) is 0 Å². The number of aldehydes is 2. The molecule has 5 unspecified atom stereocenters. The van der Waals surface area contributed by atoms with Crippen LogP contribution in [0.3, 0.4) is 0 Å². The van der Waals surface area contributed by atoms with E-state index in [1.807, 2.05) is 0 Å². The van der Waals surface area contributed by atoms with Gasteiger partial charge in [-0.2, -0.15) is 0 Å². The molecule has 3 amide bonds. The number of carbonyl (C=O) groups is 8. The molecule has 0 aromatic heterocycles. The van der Waals surface area contributed by atoms with E-state index in [9.17, 15) is 43.5 Å². The van der Waals surface area contributed by atoms with Crippen molar-refractivity contribution in [1.29, 1.82) is 0 Å². The Labute approximate surface area is 273 Å². The summed E-state index contributed by atoms with van der Waals surface area (Å²) in [5.41, 5.74) is 5.81. The minimum atomic E-state index is -1.78. The highest BCUT2D eigenvalue weighted by Gasteiger charge is 2.42. The van der Waals surface area contributed by atoms with Crippen LogP contribution in [0.4, 0.5) is 0 Å². The van der Waals surface area contributed by atoms with Crippen molar-refractivity contribution in [2.45, 2.75) is 96.9 Å². The molecule has 0 aromatic rings. The van der Waals surface area contributed by atoms with E-state index in [1.54, 1.807) is 6.92 Å². The molecule has 0 bridgehead atoms. The summed E-state index contributed by atoms with van der Waals surface area (Å²) in [6, 6.07) is -3.23. The number of amides is 3. The summed E-state index contributed by atoms with van der Waals surface area (Å²) in [5, 5.41) is 18.2. The standard InChI is InChI=1S/C29H48N4O14/c1-17(16-45-19(3)37)26(46-20(4)38)27(47-21(5)39)25(32-18(2)36)29(42)44-14-13-43-12-10-31-28(41)23(30)8-9-24(40)33-22(15-35)7-6-11-34/h11,15,17,22-23,25-27,29,42H,6-10,12-14,16,30H2,1-5H3,(H,31,41)(H,32,36)(H,33,40)/t17?,22-,23-,25?,26?,27?,29?/m0/s1. The zero-order valence-corrected chi connectivity index (χ0v) is 27.4. The first-order valence-electron chi connectivity index (χ1n) is 15.0. The van der Waals surface area contributed by atoms with Crippen LogP contribution in [0, 0.1) is 5.92 Å². The Hall–Kier alpha value is -4.00. The van der Waals surface area contributed by atoms with Crippen LogP contribution in [0.2, 0.25) is 0 Å². The maximum atomic E-state index is 12.2. The second-order valence-corrected chi connectivity index (χ2v) is 10.5. The lowest BCUT2D eigenvalue weighted by Gasteiger charge is -2.37. The molecule has 0 saturated heterocycles. The van der Waals surface area contributed by atoms with E-state index in [0.29, 0.717) is 12.6 Å². The molecule has 0 spiro atoms. The van der Waals surface area contributed by atoms with Gasteiger partial charge in [0.25, 0.3) is 0 Å². The van der Waals surface area contributed by atoms with Gasteiger partial charge in [0.05, 0.1) is 38.5 Å². The van der Waals surface area contributed by atoms with Gasteiger partial charge in [-0.1, -0.05) is 6.92 Å². The highest BCUT2D eigenvalue weighted by Crippen LogP contribution is 2.22. The third-order valence-electron chi connectivity index (χ3n) is 6.26. The van der Waals surface area contributed by atoms with Gasteiger partial charge in [-0.3, -0.25) is 28.8 Å². The van der Waals surface area contributed by atoms with Crippen molar-refractivity contribution in [2.24, 2.45) is 11.7 Å². The molecule has 0 rings (SSSR count). The average molecular weight is 677 g/mol. The summed E-state index contributed by atoms with van der Waals surface area (Å²) >= 11 is 0. The number of nitrogens with two attached hydrogens (primary N) is 1. The van der Waals surface area contributed by atoms with Crippen LogP contribution in [-0.4, -0.2) is 123 Å². The van der Waals surface area contributed by atoms with Crippen molar-refractivity contribution >= 4 is 48.2 Å². The summed E-state index contributed by atoms with van der Waals surface area (Å²) < 4.78 is 26.5. The fourth-order valence-electron chi connectivity index (χ4n) is 4.06. The van der Waals surface area contributed by atoms with Gasteiger partial charge in [0.2, 0.25) is 17.7 Å². The van der Waals surface area contributed by atoms with Crippen LogP contribution in [0.1, 0.15) is 60.3 Å². The predicted octanol–water partition coefficient (Wildman–Crippen LogP) is -2.21. The van der Waals surface area contributed by atoms with Gasteiger partial charge in [0, 0.05) is 53.0 Å². The number of aliphatic hydroxyl groups is 1. The van der Waals surface area contributed by atoms with E-state index in [4.69, 9.17) is 29.4 Å². The van der Waals surface area contributed by atoms with Gasteiger partial charge >= 0.3 is 17.9 Å². The number of carbonyl (C=O) groups excluding carboxylic acids is 8. The monoisotopic (exact) mass is 676 g/mol. The van der Waals surface area contributed by atoms with Crippen molar-refractivity contribution in [2.75, 3.05) is 33.0 Å². The number of hydrogen-bond donors (Lipinski definition) is 5. The minimum Gasteiger partial charge on any atom is -0.465 e. The average Bonchev–Trinajstić information content (AvgIpc) is 2.99. The van der Waals surface area contributed by atoms with Gasteiger partial charge in [0.15, 0.2) is 12.4 Å². The number of esters is 3. The van der Waals surface area contributed by atoms with Crippen molar-refractivity contribution in [3.63, 3.8) is 0 Å². The molecule has 47 heavy (non-hydrogen) atoms. The Morgan fingerprint density at radius 2 is 1.49 bits per heavy atom. The zero-order chi connectivity index (χ0) is 35.9. The Morgan fingerprint density at radius 1 is 0.851 bits per heavy atom. The van der Waals surface area contributed by atoms with E-state index < -0.39 is 78.2 Å². The first-order valence-corrected chi connectivity index (χ1v) is 15.0. The Kier molecular flexibility index (Phi) is 22.2. The van der Waals surface area contributed by atoms with Gasteiger partial charge in [-0.05, 0) is 12.8 Å². The molecular weight excluding hydrogens is 628 g/mol. The third kappa shape index (κ3) is 20.0. The molecule has 6 N–H and O–H groups in total. The van der Waals surface area contributed by atoms with Gasteiger partial charge < -0.3 is 60.1 Å². The van der Waals surface area contributed by atoms with Gasteiger partial charge in [0.1, 0.15) is 24.7 Å². The predicted molar refractivity (Wildman–Crippen MR) is 161 cm³/mol. The van der Waals surface area contributed by atoms with Crippen molar-refractivity contribution < 1.29 is 67.1 Å². The first-order chi connectivity index (χ1) is 22.1. The molecule has 0 fully saturated rings. The number of hydrogen-bond acceptors (Lipinski definition) is 15. The van der Waals surface area contributed by atoms with Crippen LogP contribution in [-0.2, 0) is 62.0 Å². The SMILES string of the molecule is CC(=O)NC(C(O)OCCOCCNC(=O)[C@@H](N)CCC(=O)N[C@H](C=O)CCC=O)C(OC(C)=O)C(OC(C)=O)C(C)COC(C)=O. The van der Waals surface area contributed by atoms with Crippen LogP contribution in [0.25, 0.3) is 0 Å². The molecular formula is C29H48N4O14. The normalized spacial score (nSPS) is 15.3. The molecule has 0 aliphatic heterocycles. The highest BCUT2D eigenvalue weighted by molar-refractivity contribution is 5.83. The maximum Gasteiger partial charge on any atom is 0.303 e. The minimum absolute atomic E-state index is 0.00809. The van der Waals surface area contributed by atoms with Crippen molar-refractivity contribution in [1.82, 2.24) is 16.0 Å². The van der Waals surface area contributed by atoms with Crippen LogP contribution >= 0.6 is 0 Å². The summed E-state index contributed by atoms with van der Waals surface area (Å²) in [6.07, 6.45) is -3.16. The van der Waals surface area contributed by atoms with Crippen LogP contribution in [0.5, 0.6) is 0 Å². The quantitative estimate of drug-likeness (QED) is 0.0226. The van der Waals surface area contributed by atoms with E-state index >= 15 is 0 Å². The summed E-state index contributed by atoms with van der Waals surface area (Å²) in [4.78, 5) is 92.7. The molecule has 7 atom stereocenters. The van der Waals surface area contributed by atoms with E-state index in [2.05, 4.69) is 16.0 Å². The third-order valence-corrected chi connectivity index (χ3v) is 6.26. The zero-order valence-electron chi connectivity index (χ0n) is 27.4. The van der Waals surface area contributed by atoms with E-state index in [-0.39, 0.29) is 58.7 Å². The first kappa shape index (κ1) is 43.0. The molecule has 0 heterocycles. The van der Waals surface area contributed by atoms with Gasteiger partial charge in [-0.15, -0.1) is 0 Å². The van der Waals surface area contributed by atoms with Crippen LogP contribution < -0.4 is 21.7 Å². The fourth-order valence-corrected chi connectivity index (χ4v) is 4.06. The second-order valence-electron chi connectivity index (χ2n) is 10.5. The lowest BCUT2D eigenvalue weighted by Crippen LogP contribution is -2.59. The van der Waals surface area contributed by atoms with E-state index in [1.165, 1.54) is 6.92 Å². The molecule has 0 saturated carbocycles. The Bertz CT molecular complexity index is 1040. The summed E-state index contributed by atoms with van der Waals surface area (Å²) in [7, 11) is 0. The number of aliphatic hydroxyl groups excluding tert-OH is 1. The fraction of sp³-hybridized carbons (Fsp3) is 0.724. The highest BCUT2D eigenvalue weighted by atomic mass is 16.6. The molecule has 18 nitrogen and oxygen atoms in total. The lowest BCUT2D eigenvalue weighted by atomic mass is 9.94. The molecule has 18 heteroatoms. The summed E-state index contributed by atoms with van der Waals surface area (Å²) in [5.74, 6) is -4.59. The second kappa shape index (κ2) is 24.2.